The van der Waals surface area contributed by atoms with Gasteiger partial charge in [-0.1, -0.05) is 13.8 Å². The Kier molecular flexibility index (Phi) is 2.80. The van der Waals surface area contributed by atoms with E-state index in [4.69, 9.17) is 10.8 Å². The zero-order valence-corrected chi connectivity index (χ0v) is 6.82. The molecule has 0 saturated carbocycles. The van der Waals surface area contributed by atoms with E-state index in [0.29, 0.717) is 0 Å². The third-order valence-corrected chi connectivity index (χ3v) is 1.25. The molecule has 1 atom stereocenters. The van der Waals surface area contributed by atoms with Crippen LogP contribution in [0.4, 0.5) is 4.39 Å². The van der Waals surface area contributed by atoms with Gasteiger partial charge in [0, 0.05) is 13.0 Å². The molecule has 3 heteroatoms. The van der Waals surface area contributed by atoms with E-state index < -0.39 is 11.2 Å². The zero-order chi connectivity index (χ0) is 8.41. The summed E-state index contributed by atoms with van der Waals surface area (Å²) in [5, 5.41) is 8.74. The first-order valence-electron chi connectivity index (χ1n) is 3.35. The van der Waals surface area contributed by atoms with Gasteiger partial charge in [0.25, 0.3) is 0 Å². The van der Waals surface area contributed by atoms with Gasteiger partial charge in [0.15, 0.2) is 5.79 Å². The van der Waals surface area contributed by atoms with Gasteiger partial charge < -0.3 is 5.11 Å². The molecule has 0 amide bonds. The van der Waals surface area contributed by atoms with Crippen LogP contribution in [0, 0.1) is 5.41 Å². The first kappa shape index (κ1) is 9.85. The molecule has 10 heavy (non-hydrogen) atoms. The lowest BCUT2D eigenvalue weighted by molar-refractivity contribution is 0.0694. The molecule has 0 rings (SSSR count). The van der Waals surface area contributed by atoms with Gasteiger partial charge in [0.1, 0.15) is 0 Å². The topological polar surface area (TPSA) is 46.2 Å². The average Bonchev–Trinajstić information content (AvgIpc) is 1.60. The molecule has 0 heterocycles. The maximum Gasteiger partial charge on any atom is 0.156 e. The monoisotopic (exact) mass is 149 g/mol. The van der Waals surface area contributed by atoms with E-state index in [-0.39, 0.29) is 13.0 Å². The fraction of sp³-hybridized carbons (Fsp3) is 1.00. The predicted molar refractivity (Wildman–Crippen MR) is 39.2 cm³/mol. The van der Waals surface area contributed by atoms with Gasteiger partial charge >= 0.3 is 0 Å². The molecule has 2 nitrogen and oxygen atoms in total. The molecule has 0 bridgehead atoms. The number of halogens is 1. The van der Waals surface area contributed by atoms with Crippen molar-refractivity contribution in [3.8, 4) is 0 Å². The first-order valence-corrected chi connectivity index (χ1v) is 3.35. The number of alkyl halides is 1. The van der Waals surface area contributed by atoms with Crippen LogP contribution in [0.15, 0.2) is 0 Å². The maximum absolute atomic E-state index is 12.7. The van der Waals surface area contributed by atoms with Crippen molar-refractivity contribution in [3.63, 3.8) is 0 Å². The fourth-order valence-corrected chi connectivity index (χ4v) is 0.992. The minimum absolute atomic E-state index is 0.0380. The molecule has 0 fully saturated rings. The van der Waals surface area contributed by atoms with Crippen molar-refractivity contribution in [2.45, 2.75) is 33.0 Å². The lowest BCUT2D eigenvalue weighted by atomic mass is 9.86. The summed E-state index contributed by atoms with van der Waals surface area (Å²) in [6.45, 7) is 4.82. The summed E-state index contributed by atoms with van der Waals surface area (Å²) in [7, 11) is 0. The van der Waals surface area contributed by atoms with Gasteiger partial charge in [0.2, 0.25) is 0 Å². The Hall–Kier alpha value is -0.150. The molecule has 0 aromatic rings. The molecular weight excluding hydrogens is 133 g/mol. The molecule has 0 spiro atoms. The van der Waals surface area contributed by atoms with E-state index in [1.807, 2.05) is 0 Å². The van der Waals surface area contributed by atoms with Crippen LogP contribution in [0.25, 0.3) is 0 Å². The average molecular weight is 149 g/mol. The van der Waals surface area contributed by atoms with Crippen molar-refractivity contribution in [2.75, 3.05) is 6.61 Å². The zero-order valence-electron chi connectivity index (χ0n) is 6.82. The number of hydrogen-bond donors (Lipinski definition) is 2. The van der Waals surface area contributed by atoms with E-state index >= 15 is 0 Å². The minimum Gasteiger partial charge on any atom is -0.396 e. The fourth-order valence-electron chi connectivity index (χ4n) is 0.992. The Labute approximate surface area is 61.2 Å². The van der Waals surface area contributed by atoms with E-state index in [9.17, 15) is 4.39 Å². The molecule has 1 unspecified atom stereocenters. The highest BCUT2D eigenvalue weighted by atomic mass is 19.1. The molecule has 0 aliphatic rings. The highest BCUT2D eigenvalue weighted by Crippen LogP contribution is 2.26. The standard InChI is InChI=1S/C7H16FNO/c1-6(2,5-10)4-7(3,8)9/h10H,4-5,9H2,1-3H3. The lowest BCUT2D eigenvalue weighted by Crippen LogP contribution is -2.37. The molecule has 62 valence electrons. The highest BCUT2D eigenvalue weighted by molar-refractivity contribution is 4.76. The second kappa shape index (κ2) is 2.84. The Balaban J connectivity index is 3.89. The Morgan fingerprint density at radius 2 is 1.80 bits per heavy atom. The van der Waals surface area contributed by atoms with Crippen LogP contribution in [0.1, 0.15) is 27.2 Å². The molecule has 0 aliphatic heterocycles. The van der Waals surface area contributed by atoms with Crippen molar-refractivity contribution in [1.29, 1.82) is 0 Å². The normalized spacial score (nSPS) is 18.6. The largest absolute Gasteiger partial charge is 0.396 e. The van der Waals surface area contributed by atoms with Crippen molar-refractivity contribution in [2.24, 2.45) is 11.1 Å². The number of rotatable bonds is 3. The van der Waals surface area contributed by atoms with Crippen LogP contribution in [-0.4, -0.2) is 17.5 Å². The van der Waals surface area contributed by atoms with Crippen LogP contribution >= 0.6 is 0 Å². The molecule has 0 aliphatic carbocycles. The summed E-state index contributed by atoms with van der Waals surface area (Å²) < 4.78 is 12.7. The van der Waals surface area contributed by atoms with Gasteiger partial charge in [-0.2, -0.15) is 0 Å². The van der Waals surface area contributed by atoms with Crippen molar-refractivity contribution >= 4 is 0 Å². The van der Waals surface area contributed by atoms with Crippen LogP contribution in [0.2, 0.25) is 0 Å². The highest BCUT2D eigenvalue weighted by Gasteiger charge is 2.27. The first-order chi connectivity index (χ1) is 4.27. The molecule has 0 radical (unpaired) electrons. The number of hydrogen-bond acceptors (Lipinski definition) is 2. The number of aliphatic hydroxyl groups is 1. The second-order valence-corrected chi connectivity index (χ2v) is 3.78. The Morgan fingerprint density at radius 1 is 1.40 bits per heavy atom. The third-order valence-electron chi connectivity index (χ3n) is 1.25. The number of nitrogens with two attached hydrogens (primary N) is 1. The summed E-state index contributed by atoms with van der Waals surface area (Å²) in [6, 6.07) is 0. The van der Waals surface area contributed by atoms with Crippen LogP contribution in [-0.2, 0) is 0 Å². The van der Waals surface area contributed by atoms with E-state index in [1.54, 1.807) is 13.8 Å². The van der Waals surface area contributed by atoms with E-state index in [1.165, 1.54) is 6.92 Å². The van der Waals surface area contributed by atoms with Gasteiger partial charge in [-0.05, 0) is 12.3 Å². The minimum atomic E-state index is -1.67. The van der Waals surface area contributed by atoms with Gasteiger partial charge in [-0.3, -0.25) is 5.73 Å². The Bertz CT molecular complexity index is 107. The van der Waals surface area contributed by atoms with E-state index in [0.717, 1.165) is 0 Å². The Morgan fingerprint density at radius 3 is 1.90 bits per heavy atom. The summed E-state index contributed by atoms with van der Waals surface area (Å²) in [4.78, 5) is 0. The predicted octanol–water partition coefficient (Wildman–Crippen LogP) is 1.04. The third kappa shape index (κ3) is 4.70. The summed E-state index contributed by atoms with van der Waals surface area (Å²) in [5.41, 5.74) is 4.70. The quantitative estimate of drug-likeness (QED) is 0.589. The molecule has 3 N–H and O–H groups in total. The molecule has 0 aromatic heterocycles. The van der Waals surface area contributed by atoms with Crippen molar-refractivity contribution < 1.29 is 9.50 Å². The molecular formula is C7H16FNO. The lowest BCUT2D eigenvalue weighted by Gasteiger charge is -2.27. The van der Waals surface area contributed by atoms with Gasteiger partial charge in [0.05, 0.1) is 0 Å². The van der Waals surface area contributed by atoms with E-state index in [2.05, 4.69) is 0 Å². The SMILES string of the molecule is CC(N)(F)CC(C)(C)CO. The molecule has 0 aromatic carbocycles. The van der Waals surface area contributed by atoms with Crippen LogP contribution in [0.5, 0.6) is 0 Å². The van der Waals surface area contributed by atoms with Crippen molar-refractivity contribution in [1.82, 2.24) is 0 Å². The summed E-state index contributed by atoms with van der Waals surface area (Å²) in [5.74, 6) is -1.67. The number of aliphatic hydroxyl groups excluding tert-OH is 1. The summed E-state index contributed by atoms with van der Waals surface area (Å²) >= 11 is 0. The van der Waals surface area contributed by atoms with Gasteiger partial charge in [-0.15, -0.1) is 0 Å². The van der Waals surface area contributed by atoms with Crippen LogP contribution in [0.3, 0.4) is 0 Å². The molecule has 0 saturated heterocycles. The van der Waals surface area contributed by atoms with Crippen molar-refractivity contribution in [3.05, 3.63) is 0 Å². The smallest absolute Gasteiger partial charge is 0.156 e. The van der Waals surface area contributed by atoms with Gasteiger partial charge in [-0.25, -0.2) is 4.39 Å². The maximum atomic E-state index is 12.7. The second-order valence-electron chi connectivity index (χ2n) is 3.78. The summed E-state index contributed by atoms with van der Waals surface area (Å²) in [6.07, 6.45) is 0.177. The van der Waals surface area contributed by atoms with Crippen LogP contribution < -0.4 is 5.73 Å².